The van der Waals surface area contributed by atoms with E-state index in [1.54, 1.807) is 0 Å². The molecular formula is C7H11NO6. The van der Waals surface area contributed by atoms with Crippen molar-refractivity contribution in [2.24, 2.45) is 5.73 Å². The number of hydrogen-bond donors (Lipinski definition) is 1. The Balaban J connectivity index is 3.70. The Bertz CT molecular complexity index is 216. The van der Waals surface area contributed by atoms with Gasteiger partial charge in [-0.25, -0.2) is 0 Å². The molecule has 0 aromatic carbocycles. The molecule has 7 heteroatoms. The summed E-state index contributed by atoms with van der Waals surface area (Å²) in [4.78, 5) is 31.2. The Hall–Kier alpha value is -1.63. The van der Waals surface area contributed by atoms with Gasteiger partial charge in [-0.1, -0.05) is 0 Å². The predicted octanol–water partition coefficient (Wildman–Crippen LogP) is -1.45. The molecule has 0 fully saturated rings. The summed E-state index contributed by atoms with van der Waals surface area (Å²) in [6.07, 6.45) is -0.325. The summed E-state index contributed by atoms with van der Waals surface area (Å²) in [5, 5.41) is 0. The standard InChI is InChI=1S/C7H11NO6/c1-12-7(11)5(8)2-6(10)14-4-13-3-9/h3,5H,2,4,8H2,1H3. The van der Waals surface area contributed by atoms with E-state index in [1.165, 1.54) is 0 Å². The zero-order valence-electron chi connectivity index (χ0n) is 7.60. The molecule has 14 heavy (non-hydrogen) atoms. The zero-order chi connectivity index (χ0) is 11.0. The van der Waals surface area contributed by atoms with Crippen LogP contribution in [0.2, 0.25) is 0 Å². The molecule has 0 aromatic heterocycles. The Morgan fingerprint density at radius 2 is 2.14 bits per heavy atom. The van der Waals surface area contributed by atoms with E-state index >= 15 is 0 Å². The average molecular weight is 205 g/mol. The third-order valence-electron chi connectivity index (χ3n) is 1.25. The lowest BCUT2D eigenvalue weighted by Crippen LogP contribution is -2.34. The minimum Gasteiger partial charge on any atom is -0.468 e. The zero-order valence-corrected chi connectivity index (χ0v) is 7.60. The van der Waals surface area contributed by atoms with E-state index in [4.69, 9.17) is 5.73 Å². The van der Waals surface area contributed by atoms with Gasteiger partial charge in [-0.05, 0) is 0 Å². The third kappa shape index (κ3) is 5.09. The van der Waals surface area contributed by atoms with Gasteiger partial charge in [0.2, 0.25) is 6.79 Å². The summed E-state index contributed by atoms with van der Waals surface area (Å²) < 4.78 is 12.7. The van der Waals surface area contributed by atoms with Crippen LogP contribution in [0, 0.1) is 0 Å². The molecule has 0 aromatic rings. The molecule has 0 heterocycles. The topological polar surface area (TPSA) is 105 Å². The number of hydrogen-bond acceptors (Lipinski definition) is 7. The molecule has 0 radical (unpaired) electrons. The van der Waals surface area contributed by atoms with Crippen molar-refractivity contribution in [1.82, 2.24) is 0 Å². The number of methoxy groups -OCH3 is 1. The Labute approximate surface area is 80.1 Å². The van der Waals surface area contributed by atoms with Crippen LogP contribution < -0.4 is 5.73 Å². The summed E-state index contributed by atoms with van der Waals surface area (Å²) >= 11 is 0. The largest absolute Gasteiger partial charge is 0.468 e. The van der Waals surface area contributed by atoms with Gasteiger partial charge in [0.15, 0.2) is 0 Å². The average Bonchev–Trinajstić information content (AvgIpc) is 2.16. The smallest absolute Gasteiger partial charge is 0.323 e. The molecule has 0 spiro atoms. The fourth-order valence-electron chi connectivity index (χ4n) is 0.601. The molecule has 0 aliphatic rings. The summed E-state index contributed by atoms with van der Waals surface area (Å²) in [6, 6.07) is -1.07. The SMILES string of the molecule is COC(=O)C(N)CC(=O)OCOC=O. The molecule has 0 saturated carbocycles. The lowest BCUT2D eigenvalue weighted by Gasteiger charge is -2.08. The van der Waals surface area contributed by atoms with E-state index in [0.717, 1.165) is 7.11 Å². The molecule has 1 unspecified atom stereocenters. The lowest BCUT2D eigenvalue weighted by atomic mass is 10.2. The first kappa shape index (κ1) is 12.4. The van der Waals surface area contributed by atoms with Gasteiger partial charge in [0.25, 0.3) is 6.47 Å². The van der Waals surface area contributed by atoms with Crippen LogP contribution in [-0.4, -0.2) is 38.4 Å². The highest BCUT2D eigenvalue weighted by molar-refractivity contribution is 5.82. The molecule has 2 N–H and O–H groups in total. The van der Waals surface area contributed by atoms with Crippen LogP contribution in [-0.2, 0) is 28.6 Å². The monoisotopic (exact) mass is 205 g/mol. The van der Waals surface area contributed by atoms with Crippen molar-refractivity contribution in [2.45, 2.75) is 12.5 Å². The quantitative estimate of drug-likeness (QED) is 0.245. The molecule has 80 valence electrons. The molecule has 0 saturated heterocycles. The maximum Gasteiger partial charge on any atom is 0.323 e. The normalized spacial score (nSPS) is 11.3. The minimum atomic E-state index is -1.07. The highest BCUT2D eigenvalue weighted by Gasteiger charge is 2.18. The predicted molar refractivity (Wildman–Crippen MR) is 42.7 cm³/mol. The Morgan fingerprint density at radius 1 is 1.50 bits per heavy atom. The van der Waals surface area contributed by atoms with Crippen molar-refractivity contribution in [1.29, 1.82) is 0 Å². The van der Waals surface area contributed by atoms with Crippen molar-refractivity contribution in [2.75, 3.05) is 13.9 Å². The molecule has 0 bridgehead atoms. The van der Waals surface area contributed by atoms with Gasteiger partial charge in [0, 0.05) is 0 Å². The molecular weight excluding hydrogens is 194 g/mol. The first-order valence-corrected chi connectivity index (χ1v) is 3.66. The van der Waals surface area contributed by atoms with Crippen molar-refractivity contribution < 1.29 is 28.6 Å². The fraction of sp³-hybridized carbons (Fsp3) is 0.571. The van der Waals surface area contributed by atoms with E-state index in [1.807, 2.05) is 0 Å². The van der Waals surface area contributed by atoms with E-state index in [-0.39, 0.29) is 12.9 Å². The van der Waals surface area contributed by atoms with Gasteiger partial charge < -0.3 is 19.9 Å². The van der Waals surface area contributed by atoms with E-state index in [2.05, 4.69) is 14.2 Å². The van der Waals surface area contributed by atoms with Crippen molar-refractivity contribution >= 4 is 18.4 Å². The molecule has 0 aliphatic carbocycles. The Morgan fingerprint density at radius 3 is 2.64 bits per heavy atom. The maximum atomic E-state index is 10.8. The molecule has 7 nitrogen and oxygen atoms in total. The van der Waals surface area contributed by atoms with Gasteiger partial charge in [-0.3, -0.25) is 14.4 Å². The van der Waals surface area contributed by atoms with Crippen molar-refractivity contribution in [3.63, 3.8) is 0 Å². The van der Waals surface area contributed by atoms with Crippen LogP contribution in [0.3, 0.4) is 0 Å². The van der Waals surface area contributed by atoms with Gasteiger partial charge in [0.1, 0.15) is 6.04 Å². The van der Waals surface area contributed by atoms with Crippen LogP contribution in [0.15, 0.2) is 0 Å². The van der Waals surface area contributed by atoms with Crippen LogP contribution in [0.4, 0.5) is 0 Å². The molecule has 0 aliphatic heterocycles. The number of nitrogens with two attached hydrogens (primary N) is 1. The molecule has 0 amide bonds. The number of rotatable bonds is 6. The van der Waals surface area contributed by atoms with Gasteiger partial charge in [-0.2, -0.15) is 0 Å². The summed E-state index contributed by atoms with van der Waals surface area (Å²) in [5.74, 6) is -1.46. The van der Waals surface area contributed by atoms with Crippen molar-refractivity contribution in [3.8, 4) is 0 Å². The number of esters is 2. The van der Waals surface area contributed by atoms with E-state index in [0.29, 0.717) is 0 Å². The first-order chi connectivity index (χ1) is 6.61. The fourth-order valence-corrected chi connectivity index (χ4v) is 0.601. The number of ether oxygens (including phenoxy) is 3. The van der Waals surface area contributed by atoms with Gasteiger partial charge in [-0.15, -0.1) is 0 Å². The molecule has 1 atom stereocenters. The number of carbonyl (C=O) groups excluding carboxylic acids is 3. The van der Waals surface area contributed by atoms with Crippen LogP contribution in [0.25, 0.3) is 0 Å². The van der Waals surface area contributed by atoms with E-state index in [9.17, 15) is 14.4 Å². The third-order valence-corrected chi connectivity index (χ3v) is 1.25. The van der Waals surface area contributed by atoms with Crippen LogP contribution in [0.5, 0.6) is 0 Å². The second-order valence-corrected chi connectivity index (χ2v) is 2.23. The second-order valence-electron chi connectivity index (χ2n) is 2.23. The van der Waals surface area contributed by atoms with Gasteiger partial charge in [0.05, 0.1) is 13.5 Å². The Kier molecular flexibility index (Phi) is 6.04. The minimum absolute atomic E-state index is 0.132. The lowest BCUT2D eigenvalue weighted by molar-refractivity contribution is -0.162. The highest BCUT2D eigenvalue weighted by atomic mass is 16.7. The van der Waals surface area contributed by atoms with Gasteiger partial charge >= 0.3 is 11.9 Å². The summed E-state index contributed by atoms with van der Waals surface area (Å²) in [6.45, 7) is -0.357. The van der Waals surface area contributed by atoms with Crippen LogP contribution >= 0.6 is 0 Å². The van der Waals surface area contributed by atoms with Crippen LogP contribution in [0.1, 0.15) is 6.42 Å². The second kappa shape index (κ2) is 6.84. The summed E-state index contributed by atoms with van der Waals surface area (Å²) in [7, 11) is 1.16. The van der Waals surface area contributed by atoms with E-state index < -0.39 is 24.8 Å². The molecule has 0 rings (SSSR count). The number of carbonyl (C=O) groups is 3. The highest BCUT2D eigenvalue weighted by Crippen LogP contribution is 1.94. The maximum absolute atomic E-state index is 10.8. The van der Waals surface area contributed by atoms with Crippen molar-refractivity contribution in [3.05, 3.63) is 0 Å². The first-order valence-electron chi connectivity index (χ1n) is 3.66. The summed E-state index contributed by atoms with van der Waals surface area (Å²) in [5.41, 5.74) is 5.25.